The van der Waals surface area contributed by atoms with Crippen LogP contribution in [-0.2, 0) is 66.6 Å². The van der Waals surface area contributed by atoms with E-state index in [0.717, 1.165) is 0 Å². The van der Waals surface area contributed by atoms with Crippen LogP contribution in [0.1, 0.15) is 79.4 Å². The lowest BCUT2D eigenvalue weighted by molar-refractivity contribution is -0.188. The van der Waals surface area contributed by atoms with Crippen molar-refractivity contribution in [2.45, 2.75) is 75.6 Å². The number of Topliss-reactive ketones (excluding diaryl/α,β-unsaturated/α-hetero) is 1. The molecule has 0 unspecified atom stereocenters. The molecule has 1 N–H and O–H groups in total. The maximum Gasteiger partial charge on any atom is 0.423 e. The van der Waals surface area contributed by atoms with E-state index in [2.05, 4.69) is 0 Å². The summed E-state index contributed by atoms with van der Waals surface area (Å²) in [6, 6.07) is 4.16. The molecule has 4 nitrogen and oxygen atoms in total. The number of fused-ring (bicyclic) bond motifs is 2. The summed E-state index contributed by atoms with van der Waals surface area (Å²) in [7, 11) is 0. The standard InChI is InChI=1S/C44H14F30N2O2/c1-11-17(13-7-3-5-9-15(13)75(11)31-27(41(63,64)65)23(37(51,52)53)21(35(45,46)47)24(38(54,55)56)28(31)42(66,67)68)19-33(77)20(34(19)78)18-12(2)76(16-10-6-4-8-14(16)18)32-29(43(69,70)71)25(39(57,58)59)22(36(48,49)50)26(40(60,61)62)30(32)44(72,73)74/h3-10H,1-2H3/p+1. The minimum Gasteiger partial charge on any atom is -0.506 e. The molecule has 7 rings (SSSR count). The molecule has 0 fully saturated rings. The average molecular weight is 1170 g/mol. The highest BCUT2D eigenvalue weighted by molar-refractivity contribution is 6.48. The molecule has 78 heavy (non-hydrogen) atoms. The predicted octanol–water partition coefficient (Wildman–Crippen LogP) is 17.7. The molecule has 5 aromatic rings. The van der Waals surface area contributed by atoms with E-state index >= 15 is 52.7 Å². The first kappa shape index (κ1) is 58.6. The Labute approximate surface area is 409 Å². The van der Waals surface area contributed by atoms with E-state index in [1.807, 2.05) is 0 Å². The number of alkyl halides is 30. The van der Waals surface area contributed by atoms with Crippen molar-refractivity contribution in [3.63, 3.8) is 0 Å². The summed E-state index contributed by atoms with van der Waals surface area (Å²) < 4.78 is 440. The molecule has 1 aromatic heterocycles. The maximum atomic E-state index is 15.0. The van der Waals surface area contributed by atoms with Crippen LogP contribution in [0, 0.1) is 6.92 Å². The summed E-state index contributed by atoms with van der Waals surface area (Å²) in [5, 5.41) is 10.5. The second-order valence-corrected chi connectivity index (χ2v) is 16.5. The molecular weight excluding hydrogens is 1160 g/mol. The number of hydrogen-bond donors (Lipinski definition) is 1. The Kier molecular flexibility index (Phi) is 12.9. The average Bonchev–Trinajstić information content (AvgIpc) is 3.67. The van der Waals surface area contributed by atoms with Gasteiger partial charge in [0.15, 0.2) is 5.71 Å². The van der Waals surface area contributed by atoms with Crippen molar-refractivity contribution >= 4 is 44.9 Å². The van der Waals surface area contributed by atoms with Crippen LogP contribution in [0.15, 0.2) is 59.9 Å². The molecule has 1 aliphatic carbocycles. The van der Waals surface area contributed by atoms with Crippen LogP contribution in [0.2, 0.25) is 0 Å². The van der Waals surface area contributed by atoms with Gasteiger partial charge in [0.05, 0.1) is 78.0 Å². The third-order valence-electron chi connectivity index (χ3n) is 11.9. The number of rotatable bonds is 3. The van der Waals surface area contributed by atoms with Crippen LogP contribution < -0.4 is 4.58 Å². The van der Waals surface area contributed by atoms with Crippen LogP contribution in [0.25, 0.3) is 27.7 Å². The molecule has 34 heteroatoms. The lowest BCUT2D eigenvalue weighted by Crippen LogP contribution is -2.33. The Morgan fingerprint density at radius 3 is 1.08 bits per heavy atom. The van der Waals surface area contributed by atoms with Gasteiger partial charge in [0.1, 0.15) is 16.9 Å². The van der Waals surface area contributed by atoms with E-state index in [9.17, 15) is 88.9 Å². The number of halogens is 30. The number of para-hydroxylation sites is 2. The van der Waals surface area contributed by atoms with Gasteiger partial charge in [0, 0.05) is 29.6 Å². The second-order valence-electron chi connectivity index (χ2n) is 16.5. The van der Waals surface area contributed by atoms with E-state index in [4.69, 9.17) is 0 Å². The zero-order chi connectivity index (χ0) is 59.7. The van der Waals surface area contributed by atoms with Gasteiger partial charge in [-0.25, -0.2) is 0 Å². The number of carbonyl (C=O) groups excluding carboxylic acids is 1. The fourth-order valence-corrected chi connectivity index (χ4v) is 9.53. The van der Waals surface area contributed by atoms with E-state index in [-0.39, 0.29) is 13.8 Å². The van der Waals surface area contributed by atoms with Crippen molar-refractivity contribution < 1.29 is 142 Å². The Morgan fingerprint density at radius 1 is 0.397 bits per heavy atom. The van der Waals surface area contributed by atoms with E-state index in [1.54, 1.807) is 0 Å². The third kappa shape index (κ3) is 9.11. The lowest BCUT2D eigenvalue weighted by Gasteiger charge is -2.31. The second kappa shape index (κ2) is 17.2. The van der Waals surface area contributed by atoms with Crippen LogP contribution in [-0.4, -0.2) is 21.2 Å². The molecule has 2 aliphatic rings. The van der Waals surface area contributed by atoms with Crippen LogP contribution >= 0.6 is 0 Å². The first-order chi connectivity index (χ1) is 34.8. The zero-order valence-electron chi connectivity index (χ0n) is 36.7. The fraction of sp³-hybridized carbons (Fsp3) is 0.273. The van der Waals surface area contributed by atoms with Crippen LogP contribution in [0.3, 0.4) is 0 Å². The lowest BCUT2D eigenvalue weighted by atomic mass is 9.78. The minimum absolute atomic E-state index is 0.189. The largest absolute Gasteiger partial charge is 0.506 e. The number of aliphatic hydroxyl groups excluding tert-OH is 1. The van der Waals surface area contributed by atoms with Gasteiger partial charge in [-0.05, 0) is 19.1 Å². The molecule has 2 heterocycles. The van der Waals surface area contributed by atoms with Crippen molar-refractivity contribution in [2.75, 3.05) is 0 Å². The van der Waals surface area contributed by atoms with Gasteiger partial charge in [-0.2, -0.15) is 136 Å². The van der Waals surface area contributed by atoms with Gasteiger partial charge in [-0.1, -0.05) is 30.3 Å². The minimum atomic E-state index is -7.36. The van der Waals surface area contributed by atoms with E-state index < -0.39 is 205 Å². The molecule has 0 radical (unpaired) electrons. The van der Waals surface area contributed by atoms with Gasteiger partial charge >= 0.3 is 61.8 Å². The number of hydrogen-bond acceptors (Lipinski definition) is 2. The van der Waals surface area contributed by atoms with Crippen LogP contribution in [0.5, 0.6) is 0 Å². The monoisotopic (exact) mass is 1170 g/mol. The Balaban J connectivity index is 1.71. The Morgan fingerprint density at radius 2 is 0.718 bits per heavy atom. The van der Waals surface area contributed by atoms with Crippen LogP contribution in [0.4, 0.5) is 143 Å². The quantitative estimate of drug-likeness (QED) is 0.111. The molecule has 0 saturated carbocycles. The maximum absolute atomic E-state index is 15.0. The first-order valence-electron chi connectivity index (χ1n) is 20.1. The highest BCUT2D eigenvalue weighted by Crippen LogP contribution is 2.62. The van der Waals surface area contributed by atoms with Crippen molar-refractivity contribution in [3.8, 4) is 5.69 Å². The van der Waals surface area contributed by atoms with Gasteiger partial charge in [0.25, 0.3) is 0 Å². The van der Waals surface area contributed by atoms with Gasteiger partial charge < -0.3 is 9.67 Å². The predicted molar refractivity (Wildman–Crippen MR) is 205 cm³/mol. The summed E-state index contributed by atoms with van der Waals surface area (Å²) in [6.07, 6.45) is -72.7. The molecule has 0 amide bonds. The SMILES string of the molecule is CC1=[N+](c2c(C(F)(F)F)c(C(F)(F)F)c(C(F)(F)F)c(C(F)(F)F)c2C(F)(F)F)c2ccccc2C1=C1C(=O)C(c2c(C)n(-c3c(C(F)(F)F)c(C(F)(F)F)c(C(F)(F)F)c(C(F)(F)F)c3C(F)(F)F)c3ccccc23)=C1O. The highest BCUT2D eigenvalue weighted by atomic mass is 19.4. The Hall–Kier alpha value is -7.06. The number of aliphatic hydroxyl groups is 1. The third-order valence-corrected chi connectivity index (χ3v) is 11.9. The highest BCUT2D eigenvalue weighted by Gasteiger charge is 2.65. The van der Waals surface area contributed by atoms with E-state index in [1.165, 1.54) is 0 Å². The summed E-state index contributed by atoms with van der Waals surface area (Å²) in [5.74, 6) is -3.86. The molecular formula is C44H15F30N2O2+. The zero-order valence-corrected chi connectivity index (χ0v) is 36.7. The number of aromatic nitrogens is 1. The molecule has 0 saturated heterocycles. The molecule has 1 aliphatic heterocycles. The smallest absolute Gasteiger partial charge is 0.423 e. The molecule has 0 atom stereocenters. The normalized spacial score (nSPS) is 16.8. The number of allylic oxidation sites excluding steroid dienone is 3. The van der Waals surface area contributed by atoms with Crippen molar-refractivity contribution in [3.05, 3.63) is 132 Å². The van der Waals surface area contributed by atoms with Gasteiger partial charge in [-0.15, -0.1) is 0 Å². The summed E-state index contributed by atoms with van der Waals surface area (Å²) in [5.41, 5.74) is -62.9. The van der Waals surface area contributed by atoms with Crippen molar-refractivity contribution in [1.82, 2.24) is 9.14 Å². The summed E-state index contributed by atoms with van der Waals surface area (Å²) in [4.78, 5) is 14.4. The molecule has 422 valence electrons. The molecule has 0 bridgehead atoms. The summed E-state index contributed by atoms with van der Waals surface area (Å²) >= 11 is 0. The van der Waals surface area contributed by atoms with Crippen molar-refractivity contribution in [2.24, 2.45) is 0 Å². The number of benzene rings is 4. The first-order valence-corrected chi connectivity index (χ1v) is 20.1. The van der Waals surface area contributed by atoms with Gasteiger partial charge in [-0.3, -0.25) is 4.79 Å². The Bertz CT molecular complexity index is 3390. The van der Waals surface area contributed by atoms with Crippen molar-refractivity contribution in [1.29, 1.82) is 0 Å². The van der Waals surface area contributed by atoms with E-state index in [0.29, 0.717) is 48.5 Å². The number of nitrogens with zero attached hydrogens (tertiary/aromatic N) is 2. The summed E-state index contributed by atoms with van der Waals surface area (Å²) in [6.45, 7) is 0.379. The topological polar surface area (TPSA) is 45.2 Å². The number of carbonyl (C=O) groups is 1. The molecule has 4 aromatic carbocycles. The number of ketones is 1. The molecule has 0 spiro atoms. The fourth-order valence-electron chi connectivity index (χ4n) is 9.53. The van der Waals surface area contributed by atoms with Gasteiger partial charge in [0.2, 0.25) is 17.2 Å².